The van der Waals surface area contributed by atoms with Gasteiger partial charge >= 0.3 is 7.82 Å². The van der Waals surface area contributed by atoms with Crippen molar-refractivity contribution in [2.24, 2.45) is 5.73 Å². The minimum Gasteiger partial charge on any atom is -0.394 e. The molecule has 1 aromatic carbocycles. The average molecular weight is 991 g/mol. The number of carbonyl (C=O) groups is 4. The molecule has 0 aliphatic heterocycles. The number of phosphoric acid groups is 1. The van der Waals surface area contributed by atoms with Crippen molar-refractivity contribution in [3.05, 3.63) is 54.1 Å². The molecule has 0 radical (unpaired) electrons. The normalized spacial score (nSPS) is 13.4. The zero-order valence-corrected chi connectivity index (χ0v) is 40.1. The zero-order chi connectivity index (χ0) is 49.7. The van der Waals surface area contributed by atoms with Gasteiger partial charge in [0.15, 0.2) is 0 Å². The largest absolute Gasteiger partial charge is 0.469 e. The van der Waals surface area contributed by atoms with E-state index in [9.17, 15) is 28.8 Å². The van der Waals surface area contributed by atoms with Crippen LogP contribution in [0.25, 0.3) is 0 Å². The van der Waals surface area contributed by atoms with Crippen LogP contribution in [0.4, 0.5) is 0 Å². The van der Waals surface area contributed by atoms with E-state index in [1.165, 1.54) is 5.56 Å². The summed E-state index contributed by atoms with van der Waals surface area (Å²) >= 11 is 0. The fraction of sp³-hybridized carbons (Fsp3) is 0.705. The number of unbranched alkanes of at least 4 members (excludes halogenated alkanes) is 5. The topological polar surface area (TPSA) is 320 Å². The lowest BCUT2D eigenvalue weighted by Gasteiger charge is -2.26. The Balaban J connectivity index is 1.80. The summed E-state index contributed by atoms with van der Waals surface area (Å²) in [6.07, 6.45) is 8.78. The predicted molar refractivity (Wildman–Crippen MR) is 246 cm³/mol. The van der Waals surface area contributed by atoms with Crippen molar-refractivity contribution in [2.45, 2.75) is 95.5 Å². The molecule has 2 rings (SSSR count). The second-order valence-corrected chi connectivity index (χ2v) is 16.6. The van der Waals surface area contributed by atoms with Crippen molar-refractivity contribution >= 4 is 31.5 Å². The highest BCUT2D eigenvalue weighted by molar-refractivity contribution is 7.46. The predicted octanol–water partition coefficient (Wildman–Crippen LogP) is -0.0627. The summed E-state index contributed by atoms with van der Waals surface area (Å²) in [6.45, 7) is 5.46. The van der Waals surface area contributed by atoms with Crippen LogP contribution in [0.5, 0.6) is 0 Å². The van der Waals surface area contributed by atoms with Gasteiger partial charge in [-0.25, -0.2) is 9.55 Å². The maximum atomic E-state index is 13.7. The van der Waals surface area contributed by atoms with Crippen LogP contribution in [0.2, 0.25) is 0 Å². The van der Waals surface area contributed by atoms with Gasteiger partial charge in [-0.3, -0.25) is 23.7 Å². The van der Waals surface area contributed by atoms with Crippen molar-refractivity contribution in [1.29, 1.82) is 0 Å². The van der Waals surface area contributed by atoms with Crippen molar-refractivity contribution < 1.29 is 81.4 Å². The Labute approximate surface area is 398 Å². The number of carbonyl (C=O) groups excluding carboxylic acids is 4. The van der Waals surface area contributed by atoms with Crippen molar-refractivity contribution in [2.75, 3.05) is 106 Å². The quantitative estimate of drug-likeness (QED) is 0.0318. The molecule has 68 heavy (non-hydrogen) atoms. The molecule has 0 aliphatic rings. The number of aliphatic hydroxyl groups is 2. The van der Waals surface area contributed by atoms with Gasteiger partial charge in [0.25, 0.3) is 0 Å². The van der Waals surface area contributed by atoms with Crippen LogP contribution in [-0.4, -0.2) is 183 Å². The molecule has 0 spiro atoms. The standard InChI is InChI=1S/C44H75N6O17P/c1-35(67-68(57,58)59)41(42(45)54)49-44(56)39(33-52)48-43(55)38(31-37-32-46-34-50(37)15-10-5-3-2-4-7-11-36-12-8-6-9-13-36)47-40(53)14-17-60-19-21-62-23-25-64-27-29-66-30-28-65-26-24-63-22-20-61-18-16-51/h6,8-9,12-13,32,34-35,38-39,41,51-52H,2-5,7,10-11,14-31,33H2,1H3,(H2,45,54)(H,47,53)(H,48,55)(H,49,56)(H2,57,58,59)/t35-,38+,39+,41+/m1/s1. The summed E-state index contributed by atoms with van der Waals surface area (Å²) in [6, 6.07) is 5.72. The lowest BCUT2D eigenvalue weighted by Crippen LogP contribution is -2.59. The molecule has 4 amide bonds. The molecule has 0 fully saturated rings. The van der Waals surface area contributed by atoms with E-state index in [0.717, 1.165) is 51.9 Å². The Kier molecular flexibility index (Phi) is 33.5. The molecule has 9 N–H and O–H groups in total. The van der Waals surface area contributed by atoms with E-state index >= 15 is 0 Å². The Hall–Kier alpha value is -3.94. The van der Waals surface area contributed by atoms with E-state index in [-0.39, 0.29) is 39.3 Å². The van der Waals surface area contributed by atoms with Crippen molar-refractivity contribution in [3.63, 3.8) is 0 Å². The number of ether oxygens (including phenoxy) is 7. The fourth-order valence-electron chi connectivity index (χ4n) is 6.44. The van der Waals surface area contributed by atoms with Crippen molar-refractivity contribution in [1.82, 2.24) is 25.5 Å². The Morgan fingerprint density at radius 3 is 1.69 bits per heavy atom. The summed E-state index contributed by atoms with van der Waals surface area (Å²) < 4.78 is 55.6. The second kappa shape index (κ2) is 37.9. The summed E-state index contributed by atoms with van der Waals surface area (Å²) in [5.74, 6) is -3.69. The van der Waals surface area contributed by atoms with Crippen LogP contribution in [0.15, 0.2) is 42.9 Å². The number of aromatic nitrogens is 2. The van der Waals surface area contributed by atoms with E-state index in [4.69, 9.17) is 53.8 Å². The molecule has 23 nitrogen and oxygen atoms in total. The van der Waals surface area contributed by atoms with Crippen LogP contribution >= 0.6 is 7.82 Å². The molecule has 0 unspecified atom stereocenters. The van der Waals surface area contributed by atoms with Crippen LogP contribution < -0.4 is 21.7 Å². The smallest absolute Gasteiger partial charge is 0.394 e. The SMILES string of the molecule is C[C@@H](OP(=O)(O)O)[C@H](NC(=O)[C@H](CO)NC(=O)[C@H](Cc1cncn1CCCCCCCCc1ccccc1)NC(=O)CCOCCOCCOCCOCCOCCOCCOCCO)C(N)=O. The van der Waals surface area contributed by atoms with Crippen molar-refractivity contribution in [3.8, 4) is 0 Å². The number of imidazole rings is 1. The van der Waals surface area contributed by atoms with E-state index in [0.29, 0.717) is 84.9 Å². The highest BCUT2D eigenvalue weighted by Gasteiger charge is 2.34. The lowest BCUT2D eigenvalue weighted by atomic mass is 10.0. The number of amides is 4. The molecule has 388 valence electrons. The van der Waals surface area contributed by atoms with Crippen LogP contribution in [0.1, 0.15) is 63.1 Å². The third-order valence-corrected chi connectivity index (χ3v) is 10.6. The Morgan fingerprint density at radius 1 is 0.676 bits per heavy atom. The molecule has 0 aliphatic carbocycles. The Morgan fingerprint density at radius 2 is 1.18 bits per heavy atom. The monoisotopic (exact) mass is 990 g/mol. The number of hydrogen-bond acceptors (Lipinski definition) is 16. The van der Waals surface area contributed by atoms with Gasteiger partial charge in [0.05, 0.1) is 118 Å². The highest BCUT2D eigenvalue weighted by Crippen LogP contribution is 2.38. The van der Waals surface area contributed by atoms with Crippen LogP contribution in [0, 0.1) is 0 Å². The average Bonchev–Trinajstić information content (AvgIpc) is 3.75. The van der Waals surface area contributed by atoms with Gasteiger partial charge in [-0.1, -0.05) is 56.0 Å². The Bertz CT molecular complexity index is 1690. The van der Waals surface area contributed by atoms with E-state index in [1.54, 1.807) is 12.5 Å². The van der Waals surface area contributed by atoms with Gasteiger partial charge in [0.1, 0.15) is 18.1 Å². The number of aliphatic hydroxyl groups excluding tert-OH is 2. The molecule has 0 bridgehead atoms. The molecule has 4 atom stereocenters. The number of nitrogens with one attached hydrogen (secondary N) is 3. The number of nitrogens with two attached hydrogens (primary N) is 1. The molecular weight excluding hydrogens is 915 g/mol. The zero-order valence-electron chi connectivity index (χ0n) is 39.3. The van der Waals surface area contributed by atoms with Crippen LogP contribution in [0.3, 0.4) is 0 Å². The van der Waals surface area contributed by atoms with Gasteiger partial charge in [0, 0.05) is 31.3 Å². The molecule has 0 saturated heterocycles. The highest BCUT2D eigenvalue weighted by atomic mass is 31.2. The number of phosphoric ester groups is 1. The first-order chi connectivity index (χ1) is 32.8. The fourth-order valence-corrected chi connectivity index (χ4v) is 6.99. The third kappa shape index (κ3) is 29.8. The summed E-state index contributed by atoms with van der Waals surface area (Å²) in [7, 11) is -5.08. The van der Waals surface area contributed by atoms with Gasteiger partial charge < -0.3 is 79.4 Å². The minimum absolute atomic E-state index is 0.00370. The maximum absolute atomic E-state index is 13.7. The first-order valence-corrected chi connectivity index (χ1v) is 24.6. The number of nitrogens with zero attached hydrogens (tertiary/aromatic N) is 2. The van der Waals surface area contributed by atoms with E-state index < -0.39 is 62.3 Å². The number of aryl methyl sites for hydroxylation is 2. The van der Waals surface area contributed by atoms with Gasteiger partial charge in [-0.2, -0.15) is 0 Å². The van der Waals surface area contributed by atoms with Gasteiger partial charge in [-0.05, 0) is 31.7 Å². The van der Waals surface area contributed by atoms with E-state index in [1.807, 2.05) is 22.8 Å². The second-order valence-electron chi connectivity index (χ2n) is 15.5. The number of primary amides is 1. The first kappa shape index (κ1) is 60.2. The molecule has 1 aromatic heterocycles. The lowest BCUT2D eigenvalue weighted by molar-refractivity contribution is -0.135. The number of rotatable bonds is 44. The summed E-state index contributed by atoms with van der Waals surface area (Å²) in [5.41, 5.74) is 7.30. The molecule has 1 heterocycles. The van der Waals surface area contributed by atoms with E-state index in [2.05, 4.69) is 37.6 Å². The summed E-state index contributed by atoms with van der Waals surface area (Å²) in [5, 5.41) is 25.9. The molecular formula is C44H75N6O17P. The minimum atomic E-state index is -5.08. The first-order valence-electron chi connectivity index (χ1n) is 23.1. The number of benzene rings is 1. The maximum Gasteiger partial charge on any atom is 0.469 e. The third-order valence-electron chi connectivity index (χ3n) is 9.95. The summed E-state index contributed by atoms with van der Waals surface area (Å²) in [4.78, 5) is 74.7. The van der Waals surface area contributed by atoms with Gasteiger partial charge in [0.2, 0.25) is 23.6 Å². The van der Waals surface area contributed by atoms with Gasteiger partial charge in [-0.15, -0.1) is 0 Å². The molecule has 24 heteroatoms. The van der Waals surface area contributed by atoms with Crippen LogP contribution in [-0.2, 0) is 80.8 Å². The molecule has 0 saturated carbocycles. The number of hydrogen-bond donors (Lipinski definition) is 8. The molecule has 2 aromatic rings.